The van der Waals surface area contributed by atoms with Crippen molar-refractivity contribution in [2.45, 2.75) is 37.8 Å². The number of imide groups is 2. The molecule has 3 N–H and O–H groups in total. The fourth-order valence-corrected chi connectivity index (χ4v) is 9.92. The van der Waals surface area contributed by atoms with E-state index in [0.29, 0.717) is 71.4 Å². The lowest BCUT2D eigenvalue weighted by Crippen LogP contribution is -2.55. The number of carbonyl (C=O) groups excluding carboxylic acids is 5. The summed E-state index contributed by atoms with van der Waals surface area (Å²) < 4.78 is 7.92. The molecule has 3 aromatic carbocycles. The van der Waals surface area contributed by atoms with Gasteiger partial charge in [0.05, 0.1) is 22.6 Å². The van der Waals surface area contributed by atoms with Crippen LogP contribution >= 0.6 is 0 Å². The van der Waals surface area contributed by atoms with Crippen molar-refractivity contribution >= 4 is 57.9 Å². The van der Waals surface area contributed by atoms with Gasteiger partial charge in [0.25, 0.3) is 17.7 Å². The zero-order valence-electron chi connectivity index (χ0n) is 36.5. The molecule has 0 bridgehead atoms. The molecule has 5 amide bonds. The number of ether oxygens (including phenoxy) is 1. The number of hydrogen-bond donors (Lipinski definition) is 2. The quantitative estimate of drug-likeness (QED) is 0.187. The number of nitrogens with two attached hydrogens (primary N) is 1. The normalized spacial score (nSPS) is 19.5. The fraction of sp³-hybridized carbons (Fsp3) is 0.333. The highest BCUT2D eigenvalue weighted by atomic mass is 16.5. The number of nitrogen functional groups attached to an aromatic ring is 1. The number of nitrogens with one attached hydrogen (secondary N) is 1. The minimum absolute atomic E-state index is 0.00278. The van der Waals surface area contributed by atoms with Crippen molar-refractivity contribution in [3.8, 4) is 22.8 Å². The molecule has 0 spiro atoms. The summed E-state index contributed by atoms with van der Waals surface area (Å²) in [6, 6.07) is 25.2. The Bertz CT molecular complexity index is 2910. The molecular weight excluding hydrogens is 855 g/mol. The molecule has 19 heteroatoms. The standard InChI is InChI=1S/C48H47N13O6/c49-43-41-42(30-6-9-34(10-7-30)67-33-4-2-1-3-5-33)55-61(44(41)51-28-50-43)31-16-18-58(19-17-31)48(66)37-12-14-39(54-53-37)57-22-20-56(21-23-57)25-29-26-59(27-29)32-8-11-35-36(24-32)47(65)60(46(35)64)38-13-15-40(62)52-45(38)63/h1-12,14,24,28-29,31,38H,13,15-23,25-27H2,(H2,49,50,51)(H,52,62,63). The van der Waals surface area contributed by atoms with Crippen LogP contribution in [-0.2, 0) is 9.59 Å². The molecule has 4 fully saturated rings. The van der Waals surface area contributed by atoms with Crippen molar-refractivity contribution in [3.05, 3.63) is 108 Å². The molecule has 6 aromatic rings. The minimum Gasteiger partial charge on any atom is -0.457 e. The summed E-state index contributed by atoms with van der Waals surface area (Å²) in [6.07, 6.45) is 3.02. The lowest BCUT2D eigenvalue weighted by Gasteiger charge is -2.45. The first-order valence-corrected chi connectivity index (χ1v) is 22.7. The van der Waals surface area contributed by atoms with E-state index in [1.807, 2.05) is 76.3 Å². The molecule has 340 valence electrons. The van der Waals surface area contributed by atoms with Crippen LogP contribution in [0.1, 0.15) is 62.9 Å². The molecule has 19 nitrogen and oxygen atoms in total. The number of para-hydroxylation sites is 1. The molecule has 0 saturated carbocycles. The first-order chi connectivity index (χ1) is 32.6. The summed E-state index contributed by atoms with van der Waals surface area (Å²) in [6.45, 7) is 6.92. The molecule has 1 atom stereocenters. The summed E-state index contributed by atoms with van der Waals surface area (Å²) in [5.41, 5.74) is 10.4. The molecular formula is C48H47N13O6. The first-order valence-electron chi connectivity index (χ1n) is 22.7. The zero-order chi connectivity index (χ0) is 45.8. The van der Waals surface area contributed by atoms with Crippen molar-refractivity contribution < 1.29 is 28.7 Å². The molecule has 8 heterocycles. The van der Waals surface area contributed by atoms with Gasteiger partial charge in [-0.15, -0.1) is 10.2 Å². The maximum Gasteiger partial charge on any atom is 0.274 e. The summed E-state index contributed by atoms with van der Waals surface area (Å²) >= 11 is 0. The monoisotopic (exact) mass is 901 g/mol. The Morgan fingerprint density at radius 1 is 0.761 bits per heavy atom. The summed E-state index contributed by atoms with van der Waals surface area (Å²) in [7, 11) is 0. The number of piperidine rings is 2. The van der Waals surface area contributed by atoms with E-state index in [9.17, 15) is 24.0 Å². The van der Waals surface area contributed by atoms with Crippen molar-refractivity contribution in [1.82, 2.24) is 50.0 Å². The van der Waals surface area contributed by atoms with Crippen molar-refractivity contribution in [2.75, 3.05) is 74.4 Å². The van der Waals surface area contributed by atoms with Crippen LogP contribution in [0.5, 0.6) is 11.5 Å². The van der Waals surface area contributed by atoms with Gasteiger partial charge in [-0.25, -0.2) is 14.6 Å². The fourth-order valence-electron chi connectivity index (χ4n) is 9.92. The predicted molar refractivity (Wildman–Crippen MR) is 245 cm³/mol. The largest absolute Gasteiger partial charge is 0.457 e. The summed E-state index contributed by atoms with van der Waals surface area (Å²) in [5, 5.41) is 16.8. The van der Waals surface area contributed by atoms with Crippen molar-refractivity contribution in [1.29, 1.82) is 0 Å². The Balaban J connectivity index is 0.652. The number of hydrogen-bond acceptors (Lipinski definition) is 15. The Labute approximate surface area is 384 Å². The first kappa shape index (κ1) is 41.9. The van der Waals surface area contributed by atoms with Gasteiger partial charge in [0.1, 0.15) is 35.4 Å². The van der Waals surface area contributed by atoms with Gasteiger partial charge in [-0.1, -0.05) is 18.2 Å². The second-order valence-corrected chi connectivity index (χ2v) is 17.7. The van der Waals surface area contributed by atoms with Gasteiger partial charge in [-0.3, -0.25) is 39.1 Å². The highest BCUT2D eigenvalue weighted by Gasteiger charge is 2.45. The molecule has 0 aliphatic carbocycles. The Hall–Kier alpha value is -7.80. The van der Waals surface area contributed by atoms with E-state index in [1.165, 1.54) is 6.33 Å². The van der Waals surface area contributed by atoms with E-state index in [-0.39, 0.29) is 30.4 Å². The number of amides is 5. The zero-order valence-corrected chi connectivity index (χ0v) is 36.5. The molecule has 0 radical (unpaired) electrons. The number of rotatable bonds is 10. The number of likely N-dealkylation sites (tertiary alicyclic amines) is 1. The van der Waals surface area contributed by atoms with Gasteiger partial charge >= 0.3 is 0 Å². The number of anilines is 3. The Kier molecular flexibility index (Phi) is 10.8. The highest BCUT2D eigenvalue weighted by molar-refractivity contribution is 6.23. The number of carbonyl (C=O) groups is 5. The maximum absolute atomic E-state index is 13.7. The number of piperazine rings is 1. The van der Waals surface area contributed by atoms with Crippen LogP contribution in [-0.4, -0.2) is 139 Å². The summed E-state index contributed by atoms with van der Waals surface area (Å²) in [5.74, 6) is 0.826. The maximum atomic E-state index is 13.7. The van der Waals surface area contributed by atoms with Crippen LogP contribution in [0.4, 0.5) is 17.3 Å². The van der Waals surface area contributed by atoms with Gasteiger partial charge in [-0.05, 0) is 86.0 Å². The van der Waals surface area contributed by atoms with E-state index in [4.69, 9.17) is 15.6 Å². The number of nitrogens with zero attached hydrogens (tertiary/aromatic N) is 11. The van der Waals surface area contributed by atoms with Crippen LogP contribution in [0, 0.1) is 5.92 Å². The number of benzene rings is 3. The summed E-state index contributed by atoms with van der Waals surface area (Å²) in [4.78, 5) is 82.7. The third-order valence-electron chi connectivity index (χ3n) is 13.6. The predicted octanol–water partition coefficient (Wildman–Crippen LogP) is 3.79. The third kappa shape index (κ3) is 7.94. The smallest absolute Gasteiger partial charge is 0.274 e. The SMILES string of the molecule is Nc1ncnc2c1c(-c1ccc(Oc3ccccc3)cc1)nn2C1CCN(C(=O)c2ccc(N3CCN(CC4CN(c5ccc6c(c5)C(=O)N(C5CCC(=O)NC5=O)C6=O)C4)CC3)nn2)CC1. The number of aromatic nitrogens is 6. The molecule has 67 heavy (non-hydrogen) atoms. The van der Waals surface area contributed by atoms with E-state index >= 15 is 0 Å². The van der Waals surface area contributed by atoms with Crippen LogP contribution in [0.15, 0.2) is 91.3 Å². The van der Waals surface area contributed by atoms with Gasteiger partial charge in [-0.2, -0.15) is 5.10 Å². The Morgan fingerprint density at radius 3 is 2.24 bits per heavy atom. The number of fused-ring (bicyclic) bond motifs is 2. The topological polar surface area (TPSA) is 218 Å². The molecule has 11 rings (SSSR count). The molecule has 5 aliphatic heterocycles. The van der Waals surface area contributed by atoms with Crippen LogP contribution < -0.4 is 25.6 Å². The van der Waals surface area contributed by atoms with Gasteiger partial charge in [0.15, 0.2) is 17.2 Å². The molecule has 3 aromatic heterocycles. The molecule has 4 saturated heterocycles. The molecule has 5 aliphatic rings. The lowest BCUT2D eigenvalue weighted by atomic mass is 9.97. The van der Waals surface area contributed by atoms with E-state index in [1.54, 1.807) is 18.2 Å². The molecule has 1 unspecified atom stereocenters. The minimum atomic E-state index is -0.985. The average Bonchev–Trinajstić information content (AvgIpc) is 3.85. The third-order valence-corrected chi connectivity index (χ3v) is 13.6. The lowest BCUT2D eigenvalue weighted by molar-refractivity contribution is -0.136. The van der Waals surface area contributed by atoms with E-state index in [2.05, 4.69) is 40.2 Å². The van der Waals surface area contributed by atoms with E-state index in [0.717, 1.165) is 73.5 Å². The van der Waals surface area contributed by atoms with Gasteiger partial charge < -0.3 is 25.2 Å². The van der Waals surface area contributed by atoms with Crippen LogP contribution in [0.2, 0.25) is 0 Å². The van der Waals surface area contributed by atoms with E-state index < -0.39 is 29.7 Å². The highest BCUT2D eigenvalue weighted by Crippen LogP contribution is 2.37. The second-order valence-electron chi connectivity index (χ2n) is 17.7. The van der Waals surface area contributed by atoms with Crippen LogP contribution in [0.25, 0.3) is 22.3 Å². The second kappa shape index (κ2) is 17.2. The average molecular weight is 902 g/mol. The van der Waals surface area contributed by atoms with Crippen LogP contribution in [0.3, 0.4) is 0 Å². The van der Waals surface area contributed by atoms with Gasteiger partial charge in [0, 0.05) is 82.5 Å². The Morgan fingerprint density at radius 2 is 1.51 bits per heavy atom. The van der Waals surface area contributed by atoms with Crippen molar-refractivity contribution in [2.24, 2.45) is 5.92 Å². The van der Waals surface area contributed by atoms with Gasteiger partial charge in [0.2, 0.25) is 11.8 Å². The van der Waals surface area contributed by atoms with Crippen molar-refractivity contribution in [3.63, 3.8) is 0 Å².